The van der Waals surface area contributed by atoms with Gasteiger partial charge in [-0.3, -0.25) is 9.59 Å². The topological polar surface area (TPSA) is 111 Å². The Kier molecular flexibility index (Phi) is 5.73. The third-order valence-corrected chi connectivity index (χ3v) is 4.74. The molecule has 1 saturated heterocycles. The molecule has 2 N–H and O–H groups in total. The SMILES string of the molecule is CC(=O)N1CCC[C@H](C(=O)Nc2cc3c(NC(C)C)nc(C#N)cc3cn2)C1. The molecule has 0 aromatic carbocycles. The van der Waals surface area contributed by atoms with Crippen LogP contribution in [0.2, 0.25) is 0 Å². The van der Waals surface area contributed by atoms with Crippen molar-refractivity contribution in [2.75, 3.05) is 23.7 Å². The predicted octanol–water partition coefficient (Wildman–Crippen LogP) is 2.52. The summed E-state index contributed by atoms with van der Waals surface area (Å²) in [4.78, 5) is 34.6. The number of nitrogens with zero attached hydrogens (tertiary/aromatic N) is 4. The molecule has 1 atom stereocenters. The fourth-order valence-corrected chi connectivity index (χ4v) is 3.36. The molecule has 0 saturated carbocycles. The van der Waals surface area contributed by atoms with Gasteiger partial charge >= 0.3 is 0 Å². The first-order valence-electron chi connectivity index (χ1n) is 9.41. The van der Waals surface area contributed by atoms with Crippen molar-refractivity contribution >= 4 is 34.2 Å². The number of fused-ring (bicyclic) bond motifs is 1. The highest BCUT2D eigenvalue weighted by Gasteiger charge is 2.27. The van der Waals surface area contributed by atoms with Crippen LogP contribution in [0.5, 0.6) is 0 Å². The zero-order chi connectivity index (χ0) is 20.3. The summed E-state index contributed by atoms with van der Waals surface area (Å²) in [6.07, 6.45) is 3.18. The minimum Gasteiger partial charge on any atom is -0.367 e. The number of pyridine rings is 2. The van der Waals surface area contributed by atoms with Crippen LogP contribution >= 0.6 is 0 Å². The number of anilines is 2. The van der Waals surface area contributed by atoms with Gasteiger partial charge in [0, 0.05) is 43.0 Å². The van der Waals surface area contributed by atoms with Crippen molar-refractivity contribution in [3.8, 4) is 6.07 Å². The smallest absolute Gasteiger partial charge is 0.230 e. The normalized spacial score (nSPS) is 16.7. The summed E-state index contributed by atoms with van der Waals surface area (Å²) in [5.41, 5.74) is 0.306. The second-order valence-corrected chi connectivity index (χ2v) is 7.35. The number of carbonyl (C=O) groups excluding carboxylic acids is 2. The van der Waals surface area contributed by atoms with Gasteiger partial charge in [0.05, 0.1) is 5.92 Å². The lowest BCUT2D eigenvalue weighted by molar-refractivity contribution is -0.132. The Morgan fingerprint density at radius 1 is 1.36 bits per heavy atom. The average molecular weight is 380 g/mol. The maximum absolute atomic E-state index is 12.7. The molecule has 146 valence electrons. The standard InChI is InChI=1S/C20H24N6O2/c1-12(2)23-19-17-8-18(22-10-15(17)7-16(9-21)24-19)25-20(28)14-5-4-6-26(11-14)13(3)27/h7-8,10,12,14H,4-6,11H2,1-3H3,(H,23,24)(H,22,25,28)/t14-/m0/s1. The summed E-state index contributed by atoms with van der Waals surface area (Å²) in [6.45, 7) is 6.63. The van der Waals surface area contributed by atoms with Crippen LogP contribution in [0, 0.1) is 17.2 Å². The molecule has 2 amide bonds. The van der Waals surface area contributed by atoms with E-state index in [-0.39, 0.29) is 23.8 Å². The summed E-state index contributed by atoms with van der Waals surface area (Å²) < 4.78 is 0. The zero-order valence-corrected chi connectivity index (χ0v) is 16.3. The summed E-state index contributed by atoms with van der Waals surface area (Å²) in [5.74, 6) is 0.614. The lowest BCUT2D eigenvalue weighted by Crippen LogP contribution is -2.42. The molecule has 1 aliphatic rings. The number of likely N-dealkylation sites (tertiary alicyclic amines) is 1. The lowest BCUT2D eigenvalue weighted by Gasteiger charge is -2.31. The van der Waals surface area contributed by atoms with E-state index in [0.29, 0.717) is 30.4 Å². The Bertz CT molecular complexity index is 950. The minimum atomic E-state index is -0.248. The van der Waals surface area contributed by atoms with Gasteiger partial charge in [0.2, 0.25) is 11.8 Å². The second-order valence-electron chi connectivity index (χ2n) is 7.35. The molecule has 8 heteroatoms. The number of rotatable bonds is 4. The summed E-state index contributed by atoms with van der Waals surface area (Å²) in [7, 11) is 0. The number of hydrogen-bond donors (Lipinski definition) is 2. The first-order chi connectivity index (χ1) is 13.4. The minimum absolute atomic E-state index is 0.00916. The summed E-state index contributed by atoms with van der Waals surface area (Å²) in [6, 6.07) is 5.62. The van der Waals surface area contributed by atoms with E-state index in [1.165, 1.54) is 6.92 Å². The van der Waals surface area contributed by atoms with E-state index in [9.17, 15) is 14.9 Å². The van der Waals surface area contributed by atoms with Gasteiger partial charge < -0.3 is 15.5 Å². The van der Waals surface area contributed by atoms with Gasteiger partial charge in [-0.25, -0.2) is 9.97 Å². The molecule has 1 aliphatic heterocycles. The van der Waals surface area contributed by atoms with E-state index in [1.807, 2.05) is 13.8 Å². The van der Waals surface area contributed by atoms with Crippen LogP contribution in [0.4, 0.5) is 11.6 Å². The fraction of sp³-hybridized carbons (Fsp3) is 0.450. The highest BCUT2D eigenvalue weighted by molar-refractivity contribution is 5.97. The molecule has 1 fully saturated rings. The van der Waals surface area contributed by atoms with E-state index in [2.05, 4.69) is 26.7 Å². The lowest BCUT2D eigenvalue weighted by atomic mass is 9.97. The van der Waals surface area contributed by atoms with Gasteiger partial charge in [-0.15, -0.1) is 0 Å². The second kappa shape index (κ2) is 8.21. The molecular weight excluding hydrogens is 356 g/mol. The fourth-order valence-electron chi connectivity index (χ4n) is 3.36. The van der Waals surface area contributed by atoms with E-state index in [4.69, 9.17) is 0 Å². The maximum Gasteiger partial charge on any atom is 0.230 e. The van der Waals surface area contributed by atoms with Crippen LogP contribution in [0.25, 0.3) is 10.8 Å². The quantitative estimate of drug-likeness (QED) is 0.843. The number of aromatic nitrogens is 2. The molecule has 2 aromatic heterocycles. The molecule has 0 bridgehead atoms. The largest absolute Gasteiger partial charge is 0.367 e. The summed E-state index contributed by atoms with van der Waals surface area (Å²) in [5, 5.41) is 16.8. The molecule has 3 heterocycles. The van der Waals surface area contributed by atoms with Crippen molar-refractivity contribution in [2.24, 2.45) is 5.92 Å². The Hall–Kier alpha value is -3.21. The zero-order valence-electron chi connectivity index (χ0n) is 16.3. The molecule has 3 rings (SSSR count). The molecule has 28 heavy (non-hydrogen) atoms. The van der Waals surface area contributed by atoms with Gasteiger partial charge in [0.25, 0.3) is 0 Å². The Morgan fingerprint density at radius 2 is 2.14 bits per heavy atom. The van der Waals surface area contributed by atoms with Gasteiger partial charge in [-0.1, -0.05) is 0 Å². The highest BCUT2D eigenvalue weighted by atomic mass is 16.2. The number of piperidine rings is 1. The van der Waals surface area contributed by atoms with E-state index < -0.39 is 0 Å². The number of hydrogen-bond acceptors (Lipinski definition) is 6. The van der Waals surface area contributed by atoms with Crippen LogP contribution in [-0.2, 0) is 9.59 Å². The molecule has 8 nitrogen and oxygen atoms in total. The van der Waals surface area contributed by atoms with Crippen LogP contribution in [-0.4, -0.2) is 45.8 Å². The van der Waals surface area contributed by atoms with Gasteiger partial charge in [0.1, 0.15) is 23.4 Å². The molecular formula is C20H24N6O2. The molecule has 0 aliphatic carbocycles. The molecule has 0 unspecified atom stereocenters. The third kappa shape index (κ3) is 4.36. The van der Waals surface area contributed by atoms with Crippen LogP contribution in [0.3, 0.4) is 0 Å². The first-order valence-corrected chi connectivity index (χ1v) is 9.41. The first kappa shape index (κ1) is 19.5. The van der Waals surface area contributed by atoms with E-state index >= 15 is 0 Å². The van der Waals surface area contributed by atoms with Crippen molar-refractivity contribution in [1.82, 2.24) is 14.9 Å². The molecule has 2 aromatic rings. The van der Waals surface area contributed by atoms with Crippen LogP contribution in [0.1, 0.15) is 39.3 Å². The van der Waals surface area contributed by atoms with Crippen LogP contribution in [0.15, 0.2) is 18.3 Å². The third-order valence-electron chi connectivity index (χ3n) is 4.74. The van der Waals surface area contributed by atoms with E-state index in [0.717, 1.165) is 23.6 Å². The number of amides is 2. The summed E-state index contributed by atoms with van der Waals surface area (Å²) >= 11 is 0. The van der Waals surface area contributed by atoms with Crippen molar-refractivity contribution in [2.45, 2.75) is 39.7 Å². The average Bonchev–Trinajstić information content (AvgIpc) is 2.67. The van der Waals surface area contributed by atoms with Crippen LogP contribution < -0.4 is 10.6 Å². The Morgan fingerprint density at radius 3 is 2.82 bits per heavy atom. The number of carbonyl (C=O) groups is 2. The van der Waals surface area contributed by atoms with Gasteiger partial charge in [-0.2, -0.15) is 5.26 Å². The Labute approximate surface area is 164 Å². The number of nitriles is 1. The Balaban J connectivity index is 1.84. The molecule has 0 radical (unpaired) electrons. The van der Waals surface area contributed by atoms with Gasteiger partial charge in [-0.05, 0) is 38.8 Å². The monoisotopic (exact) mass is 380 g/mol. The predicted molar refractivity (Wildman–Crippen MR) is 107 cm³/mol. The van der Waals surface area contributed by atoms with Crippen molar-refractivity contribution in [3.63, 3.8) is 0 Å². The van der Waals surface area contributed by atoms with E-state index in [1.54, 1.807) is 23.2 Å². The number of nitrogens with one attached hydrogen (secondary N) is 2. The molecule has 0 spiro atoms. The van der Waals surface area contributed by atoms with Gasteiger partial charge in [0.15, 0.2) is 0 Å². The highest BCUT2D eigenvalue weighted by Crippen LogP contribution is 2.26. The van der Waals surface area contributed by atoms with Crippen molar-refractivity contribution < 1.29 is 9.59 Å². The van der Waals surface area contributed by atoms with Crippen molar-refractivity contribution in [3.05, 3.63) is 24.0 Å². The maximum atomic E-state index is 12.7. The van der Waals surface area contributed by atoms with Crippen molar-refractivity contribution in [1.29, 1.82) is 5.26 Å².